The normalized spacial score (nSPS) is 21.1. The second-order valence-corrected chi connectivity index (χ2v) is 7.38. The molecule has 0 bridgehead atoms. The maximum atomic E-state index is 11.4. The van der Waals surface area contributed by atoms with E-state index in [1.54, 1.807) is 6.92 Å². The minimum absolute atomic E-state index is 0.132. The van der Waals surface area contributed by atoms with Gasteiger partial charge in [-0.3, -0.25) is 4.79 Å². The Morgan fingerprint density at radius 1 is 1.26 bits per heavy atom. The van der Waals surface area contributed by atoms with Gasteiger partial charge in [-0.25, -0.2) is 0 Å². The molecule has 0 aromatic carbocycles. The lowest BCUT2D eigenvalue weighted by atomic mass is 9.76. The predicted molar refractivity (Wildman–Crippen MR) is 80.1 cm³/mol. The molecule has 1 aliphatic carbocycles. The van der Waals surface area contributed by atoms with Gasteiger partial charge in [0.1, 0.15) is 5.78 Å². The SMILES string of the molecule is CC(=O)[C@@H](C)CC(C)(C)CCC(O)C1CCCCC1. The number of aliphatic hydroxyl groups is 1. The van der Waals surface area contributed by atoms with Gasteiger partial charge >= 0.3 is 0 Å². The molecule has 1 unspecified atom stereocenters. The molecule has 2 nitrogen and oxygen atoms in total. The van der Waals surface area contributed by atoms with Gasteiger partial charge in [0.05, 0.1) is 6.10 Å². The average Bonchev–Trinajstić information content (AvgIpc) is 2.36. The highest BCUT2D eigenvalue weighted by Crippen LogP contribution is 2.34. The zero-order valence-corrected chi connectivity index (χ0v) is 13.2. The second kappa shape index (κ2) is 7.42. The standard InChI is InChI=1S/C17H32O2/c1-13(14(2)18)12-17(3,4)11-10-16(19)15-8-6-5-7-9-15/h13,15-16,19H,5-12H2,1-4H3/t13-,16?/m0/s1. The number of carbonyl (C=O) groups excluding carboxylic acids is 1. The molecule has 0 amide bonds. The Kier molecular flexibility index (Phi) is 6.52. The van der Waals surface area contributed by atoms with Gasteiger partial charge in [0.15, 0.2) is 0 Å². The molecule has 0 spiro atoms. The van der Waals surface area contributed by atoms with Crippen LogP contribution < -0.4 is 0 Å². The molecular weight excluding hydrogens is 236 g/mol. The van der Waals surface area contributed by atoms with Crippen LogP contribution in [0.15, 0.2) is 0 Å². The van der Waals surface area contributed by atoms with Gasteiger partial charge in [-0.15, -0.1) is 0 Å². The van der Waals surface area contributed by atoms with Crippen molar-refractivity contribution in [2.24, 2.45) is 17.3 Å². The number of hydrogen-bond donors (Lipinski definition) is 1. The first-order valence-corrected chi connectivity index (χ1v) is 8.00. The van der Waals surface area contributed by atoms with Crippen LogP contribution in [0.3, 0.4) is 0 Å². The molecule has 2 heteroatoms. The van der Waals surface area contributed by atoms with Gasteiger partial charge in [-0.1, -0.05) is 40.0 Å². The first-order chi connectivity index (χ1) is 8.82. The first kappa shape index (κ1) is 16.7. The summed E-state index contributed by atoms with van der Waals surface area (Å²) < 4.78 is 0. The van der Waals surface area contributed by atoms with Crippen LogP contribution in [0.25, 0.3) is 0 Å². The van der Waals surface area contributed by atoms with E-state index >= 15 is 0 Å². The number of carbonyl (C=O) groups is 1. The molecule has 112 valence electrons. The van der Waals surface area contributed by atoms with Crippen LogP contribution in [0, 0.1) is 17.3 Å². The zero-order chi connectivity index (χ0) is 14.5. The maximum Gasteiger partial charge on any atom is 0.132 e. The summed E-state index contributed by atoms with van der Waals surface area (Å²) in [6, 6.07) is 0. The van der Waals surface area contributed by atoms with Crippen molar-refractivity contribution in [2.75, 3.05) is 0 Å². The van der Waals surface area contributed by atoms with E-state index in [0.29, 0.717) is 5.92 Å². The number of rotatable bonds is 7. The van der Waals surface area contributed by atoms with E-state index in [4.69, 9.17) is 0 Å². The van der Waals surface area contributed by atoms with Crippen LogP contribution in [0.1, 0.15) is 79.1 Å². The van der Waals surface area contributed by atoms with E-state index in [0.717, 1.165) is 19.3 Å². The lowest BCUT2D eigenvalue weighted by Crippen LogP contribution is -2.26. The van der Waals surface area contributed by atoms with Crippen molar-refractivity contribution in [2.45, 2.75) is 85.2 Å². The highest BCUT2D eigenvalue weighted by atomic mass is 16.3. The molecular formula is C17H32O2. The van der Waals surface area contributed by atoms with Crippen LogP contribution in [0.4, 0.5) is 0 Å². The largest absolute Gasteiger partial charge is 0.393 e. The van der Waals surface area contributed by atoms with E-state index in [9.17, 15) is 9.90 Å². The van der Waals surface area contributed by atoms with Gasteiger partial charge < -0.3 is 5.11 Å². The molecule has 0 heterocycles. The Bertz CT molecular complexity index is 277. The lowest BCUT2D eigenvalue weighted by Gasteiger charge is -2.31. The predicted octanol–water partition coefficient (Wildman–Crippen LogP) is 4.35. The third kappa shape index (κ3) is 6.07. The zero-order valence-electron chi connectivity index (χ0n) is 13.2. The van der Waals surface area contributed by atoms with Crippen LogP contribution in [-0.2, 0) is 4.79 Å². The van der Waals surface area contributed by atoms with E-state index < -0.39 is 0 Å². The summed E-state index contributed by atoms with van der Waals surface area (Å²) in [5.74, 6) is 0.942. The molecule has 1 fully saturated rings. The van der Waals surface area contributed by atoms with E-state index in [-0.39, 0.29) is 23.2 Å². The molecule has 0 radical (unpaired) electrons. The first-order valence-electron chi connectivity index (χ1n) is 8.00. The maximum absolute atomic E-state index is 11.4. The summed E-state index contributed by atoms with van der Waals surface area (Å²) in [5.41, 5.74) is 0.154. The van der Waals surface area contributed by atoms with E-state index in [1.165, 1.54) is 32.1 Å². The van der Waals surface area contributed by atoms with Gasteiger partial charge in [0, 0.05) is 5.92 Å². The highest BCUT2D eigenvalue weighted by Gasteiger charge is 2.27. The van der Waals surface area contributed by atoms with Crippen LogP contribution in [-0.4, -0.2) is 17.0 Å². The van der Waals surface area contributed by atoms with Crippen LogP contribution in [0.5, 0.6) is 0 Å². The van der Waals surface area contributed by atoms with Gasteiger partial charge in [0.25, 0.3) is 0 Å². The molecule has 0 aromatic heterocycles. The fourth-order valence-corrected chi connectivity index (χ4v) is 3.37. The third-order valence-electron chi connectivity index (χ3n) is 4.86. The third-order valence-corrected chi connectivity index (χ3v) is 4.86. The van der Waals surface area contributed by atoms with Crippen molar-refractivity contribution in [3.63, 3.8) is 0 Å². The number of ketones is 1. The van der Waals surface area contributed by atoms with Crippen molar-refractivity contribution in [1.29, 1.82) is 0 Å². The van der Waals surface area contributed by atoms with Crippen molar-refractivity contribution in [1.82, 2.24) is 0 Å². The quantitative estimate of drug-likeness (QED) is 0.745. The number of hydrogen-bond acceptors (Lipinski definition) is 2. The highest BCUT2D eigenvalue weighted by molar-refractivity contribution is 5.77. The summed E-state index contributed by atoms with van der Waals surface area (Å²) >= 11 is 0. The second-order valence-electron chi connectivity index (χ2n) is 7.38. The Morgan fingerprint density at radius 3 is 2.37 bits per heavy atom. The van der Waals surface area contributed by atoms with Crippen LogP contribution >= 0.6 is 0 Å². The van der Waals surface area contributed by atoms with Crippen molar-refractivity contribution in [3.05, 3.63) is 0 Å². The van der Waals surface area contributed by atoms with Gasteiger partial charge in [-0.2, -0.15) is 0 Å². The van der Waals surface area contributed by atoms with Gasteiger partial charge in [0.2, 0.25) is 0 Å². The Balaban J connectivity index is 2.34. The molecule has 1 aliphatic rings. The monoisotopic (exact) mass is 268 g/mol. The summed E-state index contributed by atoms with van der Waals surface area (Å²) in [6.07, 6.45) is 9.01. The smallest absolute Gasteiger partial charge is 0.132 e. The Labute approximate surface area is 119 Å². The minimum Gasteiger partial charge on any atom is -0.393 e. The fourth-order valence-electron chi connectivity index (χ4n) is 3.37. The molecule has 0 aromatic rings. The van der Waals surface area contributed by atoms with Crippen molar-refractivity contribution < 1.29 is 9.90 Å². The summed E-state index contributed by atoms with van der Waals surface area (Å²) in [4.78, 5) is 11.4. The minimum atomic E-state index is -0.132. The lowest BCUT2D eigenvalue weighted by molar-refractivity contribution is -0.121. The van der Waals surface area contributed by atoms with Crippen LogP contribution in [0.2, 0.25) is 0 Å². The molecule has 1 saturated carbocycles. The van der Waals surface area contributed by atoms with Gasteiger partial charge in [-0.05, 0) is 50.4 Å². The summed E-state index contributed by atoms with van der Waals surface area (Å²) in [7, 11) is 0. The summed E-state index contributed by atoms with van der Waals surface area (Å²) in [6.45, 7) is 8.14. The topological polar surface area (TPSA) is 37.3 Å². The Morgan fingerprint density at radius 2 is 1.84 bits per heavy atom. The van der Waals surface area contributed by atoms with E-state index in [1.807, 2.05) is 6.92 Å². The Hall–Kier alpha value is -0.370. The molecule has 1 rings (SSSR count). The van der Waals surface area contributed by atoms with Crippen molar-refractivity contribution >= 4 is 5.78 Å². The molecule has 0 saturated heterocycles. The molecule has 0 aliphatic heterocycles. The molecule has 19 heavy (non-hydrogen) atoms. The molecule has 1 N–H and O–H groups in total. The molecule has 2 atom stereocenters. The number of Topliss-reactive ketones (excluding diaryl/α,β-unsaturated/α-hetero) is 1. The van der Waals surface area contributed by atoms with Crippen molar-refractivity contribution in [3.8, 4) is 0 Å². The average molecular weight is 268 g/mol. The fraction of sp³-hybridized carbons (Fsp3) is 0.941. The van der Waals surface area contributed by atoms with E-state index in [2.05, 4.69) is 13.8 Å². The number of aliphatic hydroxyl groups excluding tert-OH is 1. The summed E-state index contributed by atoms with van der Waals surface area (Å²) in [5, 5.41) is 10.3.